The van der Waals surface area contributed by atoms with E-state index >= 15 is 0 Å². The second-order valence-electron chi connectivity index (χ2n) is 4.87. The van der Waals surface area contributed by atoms with Gasteiger partial charge in [0.15, 0.2) is 0 Å². The first kappa shape index (κ1) is 15.9. The molecule has 0 aliphatic heterocycles. The highest BCUT2D eigenvalue weighted by atomic mass is 32.2. The Balaban J connectivity index is 2.83. The first-order valence-electron chi connectivity index (χ1n) is 6.28. The predicted molar refractivity (Wildman–Crippen MR) is 76.4 cm³/mol. The molecule has 0 spiro atoms. The van der Waals surface area contributed by atoms with Crippen LogP contribution in [-0.2, 0) is 10.0 Å². The van der Waals surface area contributed by atoms with Crippen LogP contribution < -0.4 is 10.5 Å². The molecular weight excluding hydrogens is 264 g/mol. The van der Waals surface area contributed by atoms with E-state index in [2.05, 4.69) is 4.72 Å². The number of benzene rings is 1. The van der Waals surface area contributed by atoms with Crippen LogP contribution in [-0.4, -0.2) is 26.2 Å². The summed E-state index contributed by atoms with van der Waals surface area (Å²) in [5, 5.41) is 9.12. The fraction of sp³-hybridized carbons (Fsp3) is 0.538. The summed E-state index contributed by atoms with van der Waals surface area (Å²) in [6, 6.07) is 3.37. The highest BCUT2D eigenvalue weighted by molar-refractivity contribution is 7.89. The summed E-state index contributed by atoms with van der Waals surface area (Å²) in [7, 11) is -3.55. The summed E-state index contributed by atoms with van der Waals surface area (Å²) >= 11 is 0. The lowest BCUT2D eigenvalue weighted by molar-refractivity contribution is 0.182. The molecule has 1 aromatic carbocycles. The highest BCUT2D eigenvalue weighted by Gasteiger charge is 2.18. The van der Waals surface area contributed by atoms with E-state index in [1.54, 1.807) is 26.0 Å². The number of aliphatic hydroxyl groups is 1. The van der Waals surface area contributed by atoms with E-state index in [1.807, 2.05) is 6.92 Å². The maximum absolute atomic E-state index is 12.2. The zero-order valence-corrected chi connectivity index (χ0v) is 12.4. The van der Waals surface area contributed by atoms with Crippen molar-refractivity contribution in [2.24, 2.45) is 0 Å². The van der Waals surface area contributed by atoms with Gasteiger partial charge in [0.2, 0.25) is 10.0 Å². The van der Waals surface area contributed by atoms with E-state index < -0.39 is 16.1 Å². The Bertz CT molecular complexity index is 539. The first-order valence-corrected chi connectivity index (χ1v) is 7.77. The number of nitrogen functional groups attached to an aromatic ring is 1. The summed E-state index contributed by atoms with van der Waals surface area (Å²) in [6.07, 6.45) is 0.746. The average Bonchev–Trinajstić information content (AvgIpc) is 2.29. The molecule has 0 heterocycles. The Kier molecular flexibility index (Phi) is 5.34. The maximum Gasteiger partial charge on any atom is 0.240 e. The number of hydrogen-bond acceptors (Lipinski definition) is 4. The minimum atomic E-state index is -3.55. The zero-order chi connectivity index (χ0) is 14.6. The lowest BCUT2D eigenvalue weighted by atomic mass is 10.1. The summed E-state index contributed by atoms with van der Waals surface area (Å²) in [5.41, 5.74) is 7.64. The van der Waals surface area contributed by atoms with E-state index in [0.717, 1.165) is 5.56 Å². The van der Waals surface area contributed by atoms with Gasteiger partial charge in [-0.3, -0.25) is 0 Å². The molecule has 1 rings (SSSR count). The predicted octanol–water partition coefficient (Wildman–Crippen LogP) is 1.32. The molecule has 0 bridgehead atoms. The topological polar surface area (TPSA) is 92.4 Å². The monoisotopic (exact) mass is 286 g/mol. The number of rotatable bonds is 6. The number of hydrogen-bond donors (Lipinski definition) is 3. The van der Waals surface area contributed by atoms with Crippen LogP contribution >= 0.6 is 0 Å². The molecule has 5 nitrogen and oxygen atoms in total. The van der Waals surface area contributed by atoms with Crippen molar-refractivity contribution in [2.45, 2.75) is 44.6 Å². The molecular formula is C13H22N2O3S. The smallest absolute Gasteiger partial charge is 0.240 e. The Morgan fingerprint density at radius 3 is 2.58 bits per heavy atom. The van der Waals surface area contributed by atoms with Gasteiger partial charge >= 0.3 is 0 Å². The van der Waals surface area contributed by atoms with Crippen molar-refractivity contribution in [3.8, 4) is 0 Å². The second-order valence-corrected chi connectivity index (χ2v) is 6.60. The van der Waals surface area contributed by atoms with Crippen molar-refractivity contribution in [2.75, 3.05) is 12.3 Å². The van der Waals surface area contributed by atoms with Gasteiger partial charge < -0.3 is 10.8 Å². The van der Waals surface area contributed by atoms with Gasteiger partial charge in [0.1, 0.15) is 0 Å². The van der Waals surface area contributed by atoms with Crippen LogP contribution in [0.15, 0.2) is 17.0 Å². The molecule has 0 saturated heterocycles. The van der Waals surface area contributed by atoms with Crippen LogP contribution in [0.1, 0.15) is 30.9 Å². The van der Waals surface area contributed by atoms with Gasteiger partial charge in [-0.15, -0.1) is 0 Å². The maximum atomic E-state index is 12.2. The molecule has 0 fully saturated rings. The van der Waals surface area contributed by atoms with Crippen molar-refractivity contribution >= 4 is 15.7 Å². The van der Waals surface area contributed by atoms with Crippen molar-refractivity contribution < 1.29 is 13.5 Å². The van der Waals surface area contributed by atoms with Gasteiger partial charge in [0.25, 0.3) is 0 Å². The summed E-state index contributed by atoms with van der Waals surface area (Å²) in [6.45, 7) is 5.49. The summed E-state index contributed by atoms with van der Waals surface area (Å²) in [5.74, 6) is 0. The largest absolute Gasteiger partial charge is 0.398 e. The minimum Gasteiger partial charge on any atom is -0.398 e. The van der Waals surface area contributed by atoms with E-state index in [-0.39, 0.29) is 4.90 Å². The number of sulfonamides is 1. The van der Waals surface area contributed by atoms with Crippen molar-refractivity contribution in [1.82, 2.24) is 4.72 Å². The second kappa shape index (κ2) is 6.36. The van der Waals surface area contributed by atoms with Crippen LogP contribution in [0.3, 0.4) is 0 Å². The fourth-order valence-electron chi connectivity index (χ4n) is 1.81. The van der Waals surface area contributed by atoms with Gasteiger partial charge in [-0.05, 0) is 56.9 Å². The minimum absolute atomic E-state index is 0.224. The van der Waals surface area contributed by atoms with E-state index in [0.29, 0.717) is 30.6 Å². The third kappa shape index (κ3) is 4.49. The standard InChI is InChI=1S/C13H22N2O3S/c1-9-7-12(14)11(3)13(8-9)19(17,18)15-6-4-5-10(2)16/h7-8,10,15-16H,4-6,14H2,1-3H3. The third-order valence-electron chi connectivity index (χ3n) is 2.92. The Morgan fingerprint density at radius 1 is 1.37 bits per heavy atom. The molecule has 108 valence electrons. The van der Waals surface area contributed by atoms with Crippen LogP contribution in [0.4, 0.5) is 5.69 Å². The van der Waals surface area contributed by atoms with Crippen LogP contribution in [0.5, 0.6) is 0 Å². The zero-order valence-electron chi connectivity index (χ0n) is 11.6. The van der Waals surface area contributed by atoms with Crippen LogP contribution in [0.2, 0.25) is 0 Å². The highest BCUT2D eigenvalue weighted by Crippen LogP contribution is 2.22. The van der Waals surface area contributed by atoms with E-state index in [9.17, 15) is 8.42 Å². The molecule has 19 heavy (non-hydrogen) atoms. The molecule has 0 aliphatic rings. The van der Waals surface area contributed by atoms with E-state index in [4.69, 9.17) is 10.8 Å². The summed E-state index contributed by atoms with van der Waals surface area (Å²) < 4.78 is 26.9. The Labute approximate surface area is 114 Å². The normalized spacial score (nSPS) is 13.5. The Hall–Kier alpha value is -1.11. The Morgan fingerprint density at radius 2 is 2.00 bits per heavy atom. The molecule has 0 saturated carbocycles. The lowest BCUT2D eigenvalue weighted by Crippen LogP contribution is -2.26. The van der Waals surface area contributed by atoms with Gasteiger partial charge in [0, 0.05) is 12.2 Å². The SMILES string of the molecule is Cc1cc(N)c(C)c(S(=O)(=O)NCCCC(C)O)c1. The average molecular weight is 286 g/mol. The summed E-state index contributed by atoms with van der Waals surface area (Å²) in [4.78, 5) is 0.224. The van der Waals surface area contributed by atoms with Crippen molar-refractivity contribution in [1.29, 1.82) is 0 Å². The van der Waals surface area contributed by atoms with Crippen molar-refractivity contribution in [3.63, 3.8) is 0 Å². The molecule has 0 amide bonds. The first-order chi connectivity index (χ1) is 8.74. The lowest BCUT2D eigenvalue weighted by Gasteiger charge is -2.12. The van der Waals surface area contributed by atoms with Gasteiger partial charge in [-0.1, -0.05) is 0 Å². The van der Waals surface area contributed by atoms with Crippen LogP contribution in [0, 0.1) is 13.8 Å². The number of anilines is 1. The fourth-order valence-corrected chi connectivity index (χ4v) is 3.24. The molecule has 1 aromatic rings. The molecule has 0 radical (unpaired) electrons. The third-order valence-corrected chi connectivity index (χ3v) is 4.51. The van der Waals surface area contributed by atoms with E-state index in [1.165, 1.54) is 0 Å². The number of aryl methyl sites for hydroxylation is 1. The van der Waals surface area contributed by atoms with Gasteiger partial charge in [0.05, 0.1) is 11.0 Å². The van der Waals surface area contributed by atoms with Crippen molar-refractivity contribution in [3.05, 3.63) is 23.3 Å². The molecule has 0 aliphatic carbocycles. The van der Waals surface area contributed by atoms with Crippen LogP contribution in [0.25, 0.3) is 0 Å². The molecule has 1 atom stereocenters. The number of aliphatic hydroxyl groups excluding tert-OH is 1. The molecule has 1 unspecified atom stereocenters. The quantitative estimate of drug-likeness (QED) is 0.543. The molecule has 0 aromatic heterocycles. The molecule has 6 heteroatoms. The number of nitrogens with one attached hydrogen (secondary N) is 1. The molecule has 4 N–H and O–H groups in total. The number of nitrogens with two attached hydrogens (primary N) is 1. The van der Waals surface area contributed by atoms with Gasteiger partial charge in [-0.25, -0.2) is 13.1 Å². The van der Waals surface area contributed by atoms with Gasteiger partial charge in [-0.2, -0.15) is 0 Å².